The zero-order valence-corrected chi connectivity index (χ0v) is 22.5. The number of sulfone groups is 1. The van der Waals surface area contributed by atoms with Crippen molar-refractivity contribution in [2.75, 3.05) is 12.9 Å². The molecule has 202 valence electrons. The highest BCUT2D eigenvalue weighted by Crippen LogP contribution is 2.51. The Morgan fingerprint density at radius 1 is 1.18 bits per heavy atom. The molecule has 0 aliphatic heterocycles. The Morgan fingerprint density at radius 2 is 1.82 bits per heavy atom. The van der Waals surface area contributed by atoms with E-state index in [-0.39, 0.29) is 25.0 Å². The van der Waals surface area contributed by atoms with Gasteiger partial charge in [0.2, 0.25) is 0 Å². The fourth-order valence-electron chi connectivity index (χ4n) is 4.17. The minimum atomic E-state index is -4.51. The van der Waals surface area contributed by atoms with Gasteiger partial charge in [-0.2, -0.15) is 5.10 Å². The summed E-state index contributed by atoms with van der Waals surface area (Å²) in [6.07, 6.45) is 4.10. The average molecular weight is 562 g/mol. The average Bonchev–Trinajstić information content (AvgIpc) is 3.56. The molecule has 0 unspecified atom stereocenters. The van der Waals surface area contributed by atoms with Gasteiger partial charge in [-0.1, -0.05) is 24.0 Å². The van der Waals surface area contributed by atoms with E-state index in [0.717, 1.165) is 46.7 Å². The molecule has 0 radical (unpaired) electrons. The largest absolute Gasteiger partial charge is 0.469 e. The minimum Gasteiger partial charge on any atom is -0.303 e. The molecule has 1 amide bonds. The first-order valence-electron chi connectivity index (χ1n) is 11.7. The number of hydrogen-bond acceptors (Lipinski definition) is 7. The molecule has 0 saturated heterocycles. The highest BCUT2D eigenvalue weighted by atomic mass is 32.2. The monoisotopic (exact) mass is 561 g/mol. The van der Waals surface area contributed by atoms with Gasteiger partial charge in [0, 0.05) is 34.7 Å². The lowest BCUT2D eigenvalue weighted by Gasteiger charge is -2.25. The van der Waals surface area contributed by atoms with Crippen molar-refractivity contribution in [2.24, 2.45) is 0 Å². The van der Waals surface area contributed by atoms with E-state index in [1.807, 2.05) is 42.5 Å². The smallest absolute Gasteiger partial charge is 0.303 e. The molecule has 11 nitrogen and oxygen atoms in total. The van der Waals surface area contributed by atoms with Crippen LogP contribution in [-0.4, -0.2) is 56.7 Å². The van der Waals surface area contributed by atoms with E-state index in [2.05, 4.69) is 16.9 Å². The van der Waals surface area contributed by atoms with Gasteiger partial charge in [0.15, 0.2) is 14.6 Å². The van der Waals surface area contributed by atoms with E-state index < -0.39 is 28.3 Å². The van der Waals surface area contributed by atoms with E-state index in [9.17, 15) is 17.8 Å². The number of phosphoric ester groups is 1. The molecule has 1 fully saturated rings. The van der Waals surface area contributed by atoms with Crippen molar-refractivity contribution < 1.29 is 37.3 Å². The van der Waals surface area contributed by atoms with Crippen LogP contribution >= 0.6 is 7.82 Å². The fraction of sp³-hybridized carbons (Fsp3) is 0.360. The number of fused-ring (bicyclic) bond motifs is 1. The topological polar surface area (TPSA) is 168 Å². The van der Waals surface area contributed by atoms with Crippen LogP contribution in [0.4, 0.5) is 0 Å². The second kappa shape index (κ2) is 10.3. The second-order valence-corrected chi connectivity index (χ2v) is 13.4. The maximum absolute atomic E-state index is 12.2. The number of rotatable bonds is 9. The summed E-state index contributed by atoms with van der Waals surface area (Å²) in [7, 11) is -8.32. The quantitative estimate of drug-likeness (QED) is 0.133. The number of hydrogen-bond donors (Lipinski definition) is 4. The third kappa shape index (κ3) is 5.99. The molecule has 4 N–H and O–H groups in total. The third-order valence-corrected chi connectivity index (χ3v) is 9.55. The lowest BCUT2D eigenvalue weighted by Crippen LogP contribution is -2.49. The van der Waals surface area contributed by atoms with Crippen molar-refractivity contribution in [3.63, 3.8) is 0 Å². The molecule has 1 atom stereocenters. The van der Waals surface area contributed by atoms with E-state index in [1.165, 1.54) is 12.4 Å². The molecule has 1 aliphatic carbocycles. The number of aryl methyl sites for hydroxylation is 1. The first-order chi connectivity index (χ1) is 17.8. The number of benzene rings is 2. The molecule has 38 heavy (non-hydrogen) atoms. The van der Waals surface area contributed by atoms with Crippen molar-refractivity contribution in [1.82, 2.24) is 15.3 Å². The minimum absolute atomic E-state index is 0.0296. The van der Waals surface area contributed by atoms with Crippen LogP contribution < -0.4 is 5.48 Å². The Hall–Kier alpha value is -3.04. The van der Waals surface area contributed by atoms with Gasteiger partial charge in [-0.15, -0.1) is 0 Å². The van der Waals surface area contributed by atoms with Gasteiger partial charge in [-0.05, 0) is 62.1 Å². The third-order valence-electron chi connectivity index (χ3n) is 7.05. The first kappa shape index (κ1) is 28.0. The fourth-order valence-corrected chi connectivity index (χ4v) is 5.43. The lowest BCUT2D eigenvalue weighted by atomic mass is 9.96. The number of amides is 1. The van der Waals surface area contributed by atoms with Gasteiger partial charge < -0.3 is 9.79 Å². The Labute approximate surface area is 219 Å². The number of nitrogens with one attached hydrogen (secondary N) is 1. The van der Waals surface area contributed by atoms with Crippen LogP contribution in [0, 0.1) is 11.8 Å². The highest BCUT2D eigenvalue weighted by molar-refractivity contribution is 7.92. The molecule has 1 aliphatic rings. The number of carbonyl (C=O) groups is 1. The number of carbonyl (C=O) groups excluding carboxylic acids is 1. The maximum atomic E-state index is 12.2. The Kier molecular flexibility index (Phi) is 7.56. The molecule has 0 bridgehead atoms. The molecular weight excluding hydrogens is 533 g/mol. The molecule has 4 rings (SSSR count). The lowest BCUT2D eigenvalue weighted by molar-refractivity contribution is -0.131. The maximum Gasteiger partial charge on any atom is 0.469 e. The summed E-state index contributed by atoms with van der Waals surface area (Å²) in [4.78, 5) is 30.0. The standard InChI is InChI=1S/C25H28N3O8PS/c1-24(23(29)27-30,38(2,34)35)13-14-28-22-10-7-19(15-20(22)16-26-28)4-3-18-5-8-21(9-6-18)25(11-12-25)17-36-37(31,32)33/h5-10,15-16,30H,11-14,17H2,1-2H3,(H,27,29)(H2,31,32,33)/t24-/m1/s1. The summed E-state index contributed by atoms with van der Waals surface area (Å²) in [6.45, 7) is 1.37. The van der Waals surface area contributed by atoms with Crippen molar-refractivity contribution in [2.45, 2.75) is 42.9 Å². The van der Waals surface area contributed by atoms with Crippen LogP contribution in [0.15, 0.2) is 48.7 Å². The highest BCUT2D eigenvalue weighted by Gasteiger charge is 2.46. The summed E-state index contributed by atoms with van der Waals surface area (Å²) >= 11 is 0. The molecule has 2 aromatic carbocycles. The molecule has 1 heterocycles. The zero-order chi connectivity index (χ0) is 27.8. The van der Waals surface area contributed by atoms with E-state index in [1.54, 1.807) is 10.9 Å². The van der Waals surface area contributed by atoms with Crippen LogP contribution in [0.3, 0.4) is 0 Å². The SMILES string of the molecule is C[C@@](CCn1ncc2cc(C#Cc3ccc(C4(COP(=O)(O)O)CC4)cc3)ccc21)(C(=O)NO)S(C)(=O)=O. The van der Waals surface area contributed by atoms with Crippen molar-refractivity contribution in [3.05, 3.63) is 65.4 Å². The van der Waals surface area contributed by atoms with Gasteiger partial charge in [0.1, 0.15) is 0 Å². The molecule has 3 aromatic rings. The van der Waals surface area contributed by atoms with E-state index >= 15 is 0 Å². The van der Waals surface area contributed by atoms with Gasteiger partial charge in [-0.3, -0.25) is 19.2 Å². The molecular formula is C25H28N3O8PS. The van der Waals surface area contributed by atoms with Crippen molar-refractivity contribution in [1.29, 1.82) is 0 Å². The number of nitrogens with zero attached hydrogens (tertiary/aromatic N) is 2. The van der Waals surface area contributed by atoms with Crippen molar-refractivity contribution in [3.8, 4) is 11.8 Å². The number of phosphoric acid groups is 1. The summed E-state index contributed by atoms with van der Waals surface area (Å²) in [5, 5.41) is 14.1. The van der Waals surface area contributed by atoms with Gasteiger partial charge in [0.25, 0.3) is 5.91 Å². The van der Waals surface area contributed by atoms with Gasteiger partial charge in [0.05, 0.1) is 18.3 Å². The normalized spacial score (nSPS) is 16.3. The van der Waals surface area contributed by atoms with Crippen LogP contribution in [0.1, 0.15) is 42.9 Å². The van der Waals surface area contributed by atoms with Crippen LogP contribution in [0.25, 0.3) is 10.9 Å². The van der Waals surface area contributed by atoms with E-state index in [0.29, 0.717) is 0 Å². The summed E-state index contributed by atoms with van der Waals surface area (Å²) in [5.41, 5.74) is 4.30. The molecule has 0 spiro atoms. The first-order valence-corrected chi connectivity index (χ1v) is 15.1. The predicted octanol–water partition coefficient (Wildman–Crippen LogP) is 2.28. The van der Waals surface area contributed by atoms with Crippen LogP contribution in [0.5, 0.6) is 0 Å². The predicted molar refractivity (Wildman–Crippen MR) is 139 cm³/mol. The van der Waals surface area contributed by atoms with Gasteiger partial charge in [-0.25, -0.2) is 18.5 Å². The van der Waals surface area contributed by atoms with Gasteiger partial charge >= 0.3 is 7.82 Å². The van der Waals surface area contributed by atoms with Crippen LogP contribution in [0.2, 0.25) is 0 Å². The molecule has 1 saturated carbocycles. The Balaban J connectivity index is 1.46. The van der Waals surface area contributed by atoms with Crippen molar-refractivity contribution >= 4 is 34.5 Å². The molecule has 13 heteroatoms. The summed E-state index contributed by atoms with van der Waals surface area (Å²) < 4.78 is 39.9. The molecule has 1 aromatic heterocycles. The number of aromatic nitrogens is 2. The second-order valence-electron chi connectivity index (χ2n) is 9.71. The number of hydroxylamine groups is 1. The van der Waals surface area contributed by atoms with Crippen LogP contribution in [-0.2, 0) is 35.7 Å². The Bertz CT molecular complexity index is 1580. The van der Waals surface area contributed by atoms with E-state index in [4.69, 9.17) is 19.5 Å². The Morgan fingerprint density at radius 3 is 2.39 bits per heavy atom. The zero-order valence-electron chi connectivity index (χ0n) is 20.8. The summed E-state index contributed by atoms with van der Waals surface area (Å²) in [6, 6.07) is 13.0. The summed E-state index contributed by atoms with van der Waals surface area (Å²) in [5.74, 6) is 5.21.